The van der Waals surface area contributed by atoms with Crippen LogP contribution in [0.25, 0.3) is 22.8 Å². The van der Waals surface area contributed by atoms with Crippen molar-refractivity contribution in [3.8, 4) is 22.8 Å². The van der Waals surface area contributed by atoms with Crippen LogP contribution in [0, 0.1) is 0 Å². The number of hydrogen-bond acceptors (Lipinski definition) is 4. The third-order valence-electron chi connectivity index (χ3n) is 4.51. The minimum Gasteiger partial charge on any atom is -0.436 e. The molecule has 0 atom stereocenters. The summed E-state index contributed by atoms with van der Waals surface area (Å²) >= 11 is 5.83. The molecule has 29 heavy (non-hydrogen) atoms. The molecule has 0 N–H and O–H groups in total. The van der Waals surface area contributed by atoms with Crippen molar-refractivity contribution in [1.29, 1.82) is 0 Å². The summed E-state index contributed by atoms with van der Waals surface area (Å²) < 4.78 is 5.95. The number of rotatable bonds is 5. The van der Waals surface area contributed by atoms with E-state index in [0.29, 0.717) is 34.5 Å². The van der Waals surface area contributed by atoms with Crippen LogP contribution in [-0.2, 0) is 6.54 Å². The summed E-state index contributed by atoms with van der Waals surface area (Å²) in [6.45, 7) is 0.415. The number of oxazole rings is 1. The van der Waals surface area contributed by atoms with Crippen molar-refractivity contribution in [2.24, 2.45) is 0 Å². The zero-order valence-corrected chi connectivity index (χ0v) is 16.5. The van der Waals surface area contributed by atoms with Gasteiger partial charge in [0.15, 0.2) is 5.76 Å². The highest BCUT2D eigenvalue weighted by Crippen LogP contribution is 2.28. The van der Waals surface area contributed by atoms with Crippen LogP contribution < -0.4 is 0 Å². The largest absolute Gasteiger partial charge is 0.436 e. The molecule has 0 aliphatic carbocycles. The number of pyridine rings is 1. The molecule has 0 aliphatic rings. The first-order valence-electron chi connectivity index (χ1n) is 9.08. The molecule has 144 valence electrons. The van der Waals surface area contributed by atoms with E-state index in [9.17, 15) is 4.79 Å². The first kappa shape index (κ1) is 18.9. The Balaban J connectivity index is 1.60. The van der Waals surface area contributed by atoms with Crippen molar-refractivity contribution < 1.29 is 9.21 Å². The van der Waals surface area contributed by atoms with Gasteiger partial charge < -0.3 is 9.32 Å². The van der Waals surface area contributed by atoms with Crippen LogP contribution in [0.3, 0.4) is 0 Å². The number of amides is 1. The van der Waals surface area contributed by atoms with Gasteiger partial charge in [0.2, 0.25) is 5.89 Å². The lowest BCUT2D eigenvalue weighted by atomic mass is 10.1. The number of halogens is 1. The van der Waals surface area contributed by atoms with E-state index in [1.165, 1.54) is 0 Å². The van der Waals surface area contributed by atoms with Gasteiger partial charge in [0.25, 0.3) is 5.91 Å². The van der Waals surface area contributed by atoms with Gasteiger partial charge in [-0.3, -0.25) is 4.79 Å². The Labute approximate surface area is 173 Å². The number of benzene rings is 2. The molecule has 0 fully saturated rings. The molecule has 0 aliphatic heterocycles. The molecule has 5 nitrogen and oxygen atoms in total. The maximum absolute atomic E-state index is 13.1. The summed E-state index contributed by atoms with van der Waals surface area (Å²) in [7, 11) is 1.75. The average Bonchev–Trinajstić information content (AvgIpc) is 3.25. The third kappa shape index (κ3) is 4.20. The predicted molar refractivity (Wildman–Crippen MR) is 112 cm³/mol. The van der Waals surface area contributed by atoms with E-state index >= 15 is 0 Å². The van der Waals surface area contributed by atoms with E-state index in [1.54, 1.807) is 36.5 Å². The van der Waals surface area contributed by atoms with Crippen LogP contribution >= 0.6 is 11.6 Å². The second-order valence-corrected chi connectivity index (χ2v) is 6.98. The zero-order chi connectivity index (χ0) is 20.2. The fourth-order valence-electron chi connectivity index (χ4n) is 3.04. The topological polar surface area (TPSA) is 59.2 Å². The SMILES string of the molecule is CN(Cc1ccc(Cl)nc1)C(=O)c1ccccc1-c1ncc(-c2ccccc2)o1. The van der Waals surface area contributed by atoms with Crippen LogP contribution in [0.5, 0.6) is 0 Å². The normalized spacial score (nSPS) is 10.7. The quantitative estimate of drug-likeness (QED) is 0.422. The number of carbonyl (C=O) groups is 1. The van der Waals surface area contributed by atoms with Crippen LogP contribution in [-0.4, -0.2) is 27.8 Å². The molecule has 0 radical (unpaired) electrons. The Bertz CT molecular complexity index is 1120. The van der Waals surface area contributed by atoms with Crippen LogP contribution in [0.4, 0.5) is 0 Å². The molecule has 4 aromatic rings. The molecular weight excluding hydrogens is 386 g/mol. The van der Waals surface area contributed by atoms with Gasteiger partial charge in [-0.2, -0.15) is 0 Å². The lowest BCUT2D eigenvalue weighted by Crippen LogP contribution is -2.26. The van der Waals surface area contributed by atoms with Gasteiger partial charge in [-0.15, -0.1) is 0 Å². The van der Waals surface area contributed by atoms with Crippen molar-refractivity contribution in [3.05, 3.63) is 95.4 Å². The van der Waals surface area contributed by atoms with Crippen molar-refractivity contribution in [2.45, 2.75) is 6.54 Å². The Morgan fingerprint density at radius 3 is 2.48 bits per heavy atom. The van der Waals surface area contributed by atoms with E-state index < -0.39 is 0 Å². The first-order chi connectivity index (χ1) is 14.1. The standard InChI is InChI=1S/C23H18ClN3O2/c1-27(15-16-11-12-21(24)25-13-16)23(28)19-10-6-5-9-18(19)22-26-14-20(29-22)17-7-3-2-4-8-17/h2-14H,15H2,1H3. The third-order valence-corrected chi connectivity index (χ3v) is 4.73. The highest BCUT2D eigenvalue weighted by atomic mass is 35.5. The number of carbonyl (C=O) groups excluding carboxylic acids is 1. The molecule has 0 spiro atoms. The number of nitrogens with zero attached hydrogens (tertiary/aromatic N) is 3. The smallest absolute Gasteiger partial charge is 0.254 e. The van der Waals surface area contributed by atoms with Gasteiger partial charge >= 0.3 is 0 Å². The molecule has 6 heteroatoms. The highest BCUT2D eigenvalue weighted by Gasteiger charge is 2.20. The summed E-state index contributed by atoms with van der Waals surface area (Å²) in [5.74, 6) is 0.938. The molecule has 0 unspecified atom stereocenters. The summed E-state index contributed by atoms with van der Waals surface area (Å²) in [5.41, 5.74) is 3.01. The lowest BCUT2D eigenvalue weighted by Gasteiger charge is -2.18. The van der Waals surface area contributed by atoms with Crippen LogP contribution in [0.2, 0.25) is 5.15 Å². The molecule has 1 amide bonds. The Kier molecular flexibility index (Phi) is 5.40. The molecule has 4 rings (SSSR count). The zero-order valence-electron chi connectivity index (χ0n) is 15.7. The summed E-state index contributed by atoms with van der Waals surface area (Å²) in [4.78, 5) is 23.2. The van der Waals surface area contributed by atoms with Gasteiger partial charge in [0, 0.05) is 30.9 Å². The second kappa shape index (κ2) is 8.29. The summed E-state index contributed by atoms with van der Waals surface area (Å²) in [6, 6.07) is 20.6. The van der Waals surface area contributed by atoms with Crippen LogP contribution in [0.1, 0.15) is 15.9 Å². The van der Waals surface area contributed by atoms with Crippen molar-refractivity contribution >= 4 is 17.5 Å². The Hall–Kier alpha value is -3.44. The molecule has 2 aromatic heterocycles. The van der Waals surface area contributed by atoms with E-state index in [4.69, 9.17) is 16.0 Å². The van der Waals surface area contributed by atoms with Crippen molar-refractivity contribution in [3.63, 3.8) is 0 Å². The Morgan fingerprint density at radius 1 is 0.966 bits per heavy atom. The van der Waals surface area contributed by atoms with E-state index in [1.807, 2.05) is 54.6 Å². The highest BCUT2D eigenvalue weighted by molar-refractivity contribution is 6.29. The maximum Gasteiger partial charge on any atom is 0.254 e. The predicted octanol–water partition coefficient (Wildman–Crippen LogP) is 5.33. The average molecular weight is 404 g/mol. The number of aromatic nitrogens is 2. The van der Waals surface area contributed by atoms with E-state index in [-0.39, 0.29) is 5.91 Å². The summed E-state index contributed by atoms with van der Waals surface area (Å²) in [5, 5.41) is 0.422. The van der Waals surface area contributed by atoms with Gasteiger partial charge in [-0.1, -0.05) is 60.1 Å². The van der Waals surface area contributed by atoms with Crippen LogP contribution in [0.15, 0.2) is 83.5 Å². The molecule has 2 aromatic carbocycles. The second-order valence-electron chi connectivity index (χ2n) is 6.59. The van der Waals surface area contributed by atoms with E-state index in [2.05, 4.69) is 9.97 Å². The fraction of sp³-hybridized carbons (Fsp3) is 0.0870. The molecule has 0 bridgehead atoms. The lowest BCUT2D eigenvalue weighted by molar-refractivity contribution is 0.0785. The first-order valence-corrected chi connectivity index (χ1v) is 9.46. The minimum atomic E-state index is -0.130. The molecule has 0 saturated carbocycles. The number of hydrogen-bond donors (Lipinski definition) is 0. The molecule has 2 heterocycles. The van der Waals surface area contributed by atoms with E-state index in [0.717, 1.165) is 11.1 Å². The van der Waals surface area contributed by atoms with Crippen molar-refractivity contribution in [2.75, 3.05) is 7.05 Å². The van der Waals surface area contributed by atoms with Crippen molar-refractivity contribution in [1.82, 2.24) is 14.9 Å². The fourth-order valence-corrected chi connectivity index (χ4v) is 3.15. The molecular formula is C23H18ClN3O2. The van der Waals surface area contributed by atoms with Gasteiger partial charge in [-0.25, -0.2) is 9.97 Å². The maximum atomic E-state index is 13.1. The minimum absolute atomic E-state index is 0.130. The van der Waals surface area contributed by atoms with Gasteiger partial charge in [0.05, 0.1) is 11.8 Å². The molecule has 0 saturated heterocycles. The summed E-state index contributed by atoms with van der Waals surface area (Å²) in [6.07, 6.45) is 3.34. The Morgan fingerprint density at radius 2 is 1.72 bits per heavy atom. The van der Waals surface area contributed by atoms with Gasteiger partial charge in [0.1, 0.15) is 5.15 Å². The monoisotopic (exact) mass is 403 g/mol. The van der Waals surface area contributed by atoms with Gasteiger partial charge in [-0.05, 0) is 23.8 Å².